The van der Waals surface area contributed by atoms with E-state index in [-0.39, 0.29) is 11.7 Å². The summed E-state index contributed by atoms with van der Waals surface area (Å²) in [6, 6.07) is 10.5. The Morgan fingerprint density at radius 2 is 2.00 bits per heavy atom. The fourth-order valence-corrected chi connectivity index (χ4v) is 2.18. The van der Waals surface area contributed by atoms with E-state index >= 15 is 0 Å². The second-order valence-corrected chi connectivity index (χ2v) is 4.99. The van der Waals surface area contributed by atoms with E-state index in [1.165, 1.54) is 12.1 Å². The minimum Gasteiger partial charge on any atom is -0.345 e. The molecular weight excluding hydrogens is 293 g/mol. The van der Waals surface area contributed by atoms with Gasteiger partial charge in [-0.15, -0.1) is 0 Å². The van der Waals surface area contributed by atoms with Crippen LogP contribution >= 0.6 is 11.6 Å². The number of nitrogens with one attached hydrogen (secondary N) is 2. The number of nitrogens with two attached hydrogens (primary N) is 1. The molecule has 0 saturated carbocycles. The second kappa shape index (κ2) is 6.56. The molecule has 0 heterocycles. The van der Waals surface area contributed by atoms with Gasteiger partial charge in [0.1, 0.15) is 5.82 Å². The number of halogens is 2. The van der Waals surface area contributed by atoms with Crippen LogP contribution in [0.3, 0.4) is 0 Å². The Hall–Kier alpha value is -2.11. The molecule has 110 valence electrons. The van der Waals surface area contributed by atoms with Crippen molar-refractivity contribution in [2.45, 2.75) is 13.0 Å². The van der Waals surface area contributed by atoms with E-state index in [1.54, 1.807) is 37.3 Å². The first-order chi connectivity index (χ1) is 10.0. The molecule has 4 N–H and O–H groups in total. The number of nitrogen functional groups attached to an aromatic ring is 1. The molecule has 2 aromatic carbocycles. The van der Waals surface area contributed by atoms with Crippen LogP contribution in [0.25, 0.3) is 0 Å². The molecule has 0 spiro atoms. The fraction of sp³-hybridized carbons (Fsp3) is 0.133. The number of carbonyl (C=O) groups is 1. The van der Waals surface area contributed by atoms with Crippen LogP contribution < -0.4 is 16.6 Å². The molecule has 0 aromatic heterocycles. The average molecular weight is 308 g/mol. The normalized spacial score (nSPS) is 11.8. The number of carbonyl (C=O) groups excluding carboxylic acids is 1. The van der Waals surface area contributed by atoms with Crippen molar-refractivity contribution >= 4 is 23.2 Å². The molecule has 0 fully saturated rings. The Kier molecular flexibility index (Phi) is 4.77. The van der Waals surface area contributed by atoms with Crippen LogP contribution in [0.15, 0.2) is 42.5 Å². The van der Waals surface area contributed by atoms with E-state index in [2.05, 4.69) is 10.7 Å². The SMILES string of the molecule is CC(NC(=O)c1cc(Cl)ccc1NN)c1ccccc1F. The highest BCUT2D eigenvalue weighted by molar-refractivity contribution is 6.31. The molecule has 0 aliphatic heterocycles. The van der Waals surface area contributed by atoms with Gasteiger partial charge in [0, 0.05) is 10.6 Å². The monoisotopic (exact) mass is 307 g/mol. The molecule has 0 aliphatic rings. The number of rotatable bonds is 4. The molecule has 0 saturated heterocycles. The summed E-state index contributed by atoms with van der Waals surface area (Å²) in [5.74, 6) is 4.62. The van der Waals surface area contributed by atoms with Crippen LogP contribution in [0.2, 0.25) is 5.02 Å². The molecule has 0 aliphatic carbocycles. The number of amides is 1. The van der Waals surface area contributed by atoms with Crippen molar-refractivity contribution in [2.75, 3.05) is 5.43 Å². The lowest BCUT2D eigenvalue weighted by atomic mass is 10.1. The summed E-state index contributed by atoms with van der Waals surface area (Å²) in [5, 5.41) is 3.14. The zero-order valence-electron chi connectivity index (χ0n) is 11.4. The molecule has 1 unspecified atom stereocenters. The van der Waals surface area contributed by atoms with Crippen molar-refractivity contribution in [1.29, 1.82) is 0 Å². The zero-order valence-corrected chi connectivity index (χ0v) is 12.1. The molecular formula is C15H15ClFN3O. The van der Waals surface area contributed by atoms with Gasteiger partial charge in [-0.05, 0) is 31.2 Å². The van der Waals surface area contributed by atoms with Crippen LogP contribution in [0.4, 0.5) is 10.1 Å². The largest absolute Gasteiger partial charge is 0.345 e. The smallest absolute Gasteiger partial charge is 0.253 e. The van der Waals surface area contributed by atoms with Gasteiger partial charge in [0.2, 0.25) is 0 Å². The zero-order chi connectivity index (χ0) is 15.4. The van der Waals surface area contributed by atoms with Gasteiger partial charge in [0.05, 0.1) is 17.3 Å². The molecule has 2 rings (SSSR count). The Labute approximate surface area is 127 Å². The Morgan fingerprint density at radius 3 is 2.67 bits per heavy atom. The van der Waals surface area contributed by atoms with Crippen molar-refractivity contribution in [3.63, 3.8) is 0 Å². The highest BCUT2D eigenvalue weighted by Crippen LogP contribution is 2.22. The van der Waals surface area contributed by atoms with E-state index < -0.39 is 6.04 Å². The van der Waals surface area contributed by atoms with E-state index in [1.807, 2.05) is 0 Å². The van der Waals surface area contributed by atoms with Gasteiger partial charge < -0.3 is 10.7 Å². The predicted octanol–water partition coefficient (Wildman–Crippen LogP) is 3.26. The maximum Gasteiger partial charge on any atom is 0.253 e. The minimum absolute atomic E-state index is 0.299. The third-order valence-electron chi connectivity index (χ3n) is 3.10. The van der Waals surface area contributed by atoms with Crippen LogP contribution in [0.1, 0.15) is 28.9 Å². The minimum atomic E-state index is -0.483. The number of hydrogen-bond acceptors (Lipinski definition) is 3. The van der Waals surface area contributed by atoms with Gasteiger partial charge in [-0.1, -0.05) is 29.8 Å². The average Bonchev–Trinajstić information content (AvgIpc) is 2.47. The van der Waals surface area contributed by atoms with Crippen molar-refractivity contribution < 1.29 is 9.18 Å². The van der Waals surface area contributed by atoms with Gasteiger partial charge >= 0.3 is 0 Å². The molecule has 6 heteroatoms. The highest BCUT2D eigenvalue weighted by Gasteiger charge is 2.17. The molecule has 21 heavy (non-hydrogen) atoms. The third-order valence-corrected chi connectivity index (χ3v) is 3.34. The van der Waals surface area contributed by atoms with E-state index in [0.29, 0.717) is 21.8 Å². The summed E-state index contributed by atoms with van der Waals surface area (Å²) >= 11 is 5.89. The fourth-order valence-electron chi connectivity index (χ4n) is 2.01. The van der Waals surface area contributed by atoms with Crippen molar-refractivity contribution in [3.8, 4) is 0 Å². The van der Waals surface area contributed by atoms with Gasteiger partial charge in [0.25, 0.3) is 5.91 Å². The van der Waals surface area contributed by atoms with Crippen LogP contribution in [-0.4, -0.2) is 5.91 Å². The van der Waals surface area contributed by atoms with Crippen LogP contribution in [0, 0.1) is 5.82 Å². The standard InChI is InChI=1S/C15H15ClFN3O/c1-9(11-4-2-3-5-13(11)17)19-15(21)12-8-10(16)6-7-14(12)20-18/h2-9,20H,18H2,1H3,(H,19,21). The van der Waals surface area contributed by atoms with Crippen molar-refractivity contribution in [1.82, 2.24) is 5.32 Å². The molecule has 0 bridgehead atoms. The summed E-state index contributed by atoms with van der Waals surface area (Å²) in [7, 11) is 0. The van der Waals surface area contributed by atoms with E-state index in [9.17, 15) is 9.18 Å². The molecule has 2 aromatic rings. The van der Waals surface area contributed by atoms with Crippen molar-refractivity contribution in [2.24, 2.45) is 5.84 Å². The van der Waals surface area contributed by atoms with Crippen LogP contribution in [0.5, 0.6) is 0 Å². The predicted molar refractivity (Wildman–Crippen MR) is 81.5 cm³/mol. The Balaban J connectivity index is 2.22. The van der Waals surface area contributed by atoms with E-state index in [0.717, 1.165) is 0 Å². The number of anilines is 1. The Morgan fingerprint density at radius 1 is 1.29 bits per heavy atom. The highest BCUT2D eigenvalue weighted by atomic mass is 35.5. The molecule has 4 nitrogen and oxygen atoms in total. The number of hydrogen-bond donors (Lipinski definition) is 3. The number of hydrazine groups is 1. The second-order valence-electron chi connectivity index (χ2n) is 4.55. The lowest BCUT2D eigenvalue weighted by Crippen LogP contribution is -2.28. The first-order valence-corrected chi connectivity index (χ1v) is 6.72. The first kappa shape index (κ1) is 15.3. The summed E-state index contributed by atoms with van der Waals surface area (Å²) in [5.41, 5.74) is 3.59. The van der Waals surface area contributed by atoms with Gasteiger partial charge in [-0.3, -0.25) is 10.6 Å². The topological polar surface area (TPSA) is 67.2 Å². The summed E-state index contributed by atoms with van der Waals surface area (Å²) in [6.07, 6.45) is 0. The molecule has 1 atom stereocenters. The Bertz CT molecular complexity index is 663. The van der Waals surface area contributed by atoms with Crippen LogP contribution in [-0.2, 0) is 0 Å². The quantitative estimate of drug-likeness (QED) is 0.600. The lowest BCUT2D eigenvalue weighted by Gasteiger charge is -2.16. The maximum absolute atomic E-state index is 13.7. The first-order valence-electron chi connectivity index (χ1n) is 6.34. The molecule has 1 amide bonds. The number of benzene rings is 2. The summed E-state index contributed by atoms with van der Waals surface area (Å²) in [6.45, 7) is 1.70. The third kappa shape index (κ3) is 3.51. The lowest BCUT2D eigenvalue weighted by molar-refractivity contribution is 0.0940. The van der Waals surface area contributed by atoms with Crippen molar-refractivity contribution in [3.05, 3.63) is 64.4 Å². The van der Waals surface area contributed by atoms with Gasteiger partial charge in [0.15, 0.2) is 0 Å². The van der Waals surface area contributed by atoms with E-state index in [4.69, 9.17) is 17.4 Å². The summed E-state index contributed by atoms with van der Waals surface area (Å²) in [4.78, 5) is 12.3. The summed E-state index contributed by atoms with van der Waals surface area (Å²) < 4.78 is 13.7. The van der Waals surface area contributed by atoms with Gasteiger partial charge in [-0.25, -0.2) is 4.39 Å². The van der Waals surface area contributed by atoms with Gasteiger partial charge in [-0.2, -0.15) is 0 Å². The molecule has 0 radical (unpaired) electrons. The maximum atomic E-state index is 13.7.